The number of likely N-dealkylation sites (N-methyl/N-ethyl adjacent to an activating group) is 1. The SMILES string of the molecule is CN(N)CCNC12CC3CC(CC(C3)C1)C2. The topological polar surface area (TPSA) is 41.3 Å². The third-order valence-electron chi connectivity index (χ3n) is 5.00. The van der Waals surface area contributed by atoms with Gasteiger partial charge < -0.3 is 5.32 Å². The first kappa shape index (κ1) is 11.0. The molecule has 16 heavy (non-hydrogen) atoms. The van der Waals surface area contributed by atoms with E-state index in [4.69, 9.17) is 5.84 Å². The van der Waals surface area contributed by atoms with E-state index in [-0.39, 0.29) is 0 Å². The number of nitrogens with two attached hydrogens (primary N) is 1. The smallest absolute Gasteiger partial charge is 0.0251 e. The van der Waals surface area contributed by atoms with Gasteiger partial charge in [0.05, 0.1) is 0 Å². The molecule has 4 rings (SSSR count). The summed E-state index contributed by atoms with van der Waals surface area (Å²) in [6.07, 6.45) is 8.89. The second-order valence-corrected chi connectivity index (χ2v) is 6.61. The predicted molar refractivity (Wildman–Crippen MR) is 65.7 cm³/mol. The summed E-state index contributed by atoms with van der Waals surface area (Å²) in [4.78, 5) is 0. The molecule has 4 saturated carbocycles. The highest BCUT2D eigenvalue weighted by Crippen LogP contribution is 2.55. The Morgan fingerprint density at radius 3 is 2.06 bits per heavy atom. The van der Waals surface area contributed by atoms with E-state index in [9.17, 15) is 0 Å². The minimum atomic E-state index is 0.505. The van der Waals surface area contributed by atoms with Crippen LogP contribution in [-0.4, -0.2) is 30.7 Å². The lowest BCUT2D eigenvalue weighted by molar-refractivity contribution is -0.0201. The van der Waals surface area contributed by atoms with Crippen molar-refractivity contribution in [3.05, 3.63) is 0 Å². The van der Waals surface area contributed by atoms with Crippen molar-refractivity contribution in [2.75, 3.05) is 20.1 Å². The maximum Gasteiger partial charge on any atom is 0.0251 e. The second kappa shape index (κ2) is 3.97. The van der Waals surface area contributed by atoms with Gasteiger partial charge in [-0.05, 0) is 56.3 Å². The van der Waals surface area contributed by atoms with Crippen LogP contribution in [0.4, 0.5) is 0 Å². The van der Waals surface area contributed by atoms with Gasteiger partial charge in [0.25, 0.3) is 0 Å². The Labute approximate surface area is 98.7 Å². The van der Waals surface area contributed by atoms with Crippen molar-refractivity contribution in [2.24, 2.45) is 23.6 Å². The van der Waals surface area contributed by atoms with Crippen molar-refractivity contribution in [1.82, 2.24) is 10.3 Å². The maximum absolute atomic E-state index is 5.66. The van der Waals surface area contributed by atoms with Gasteiger partial charge in [0.15, 0.2) is 0 Å². The third kappa shape index (κ3) is 2.01. The number of hydrogen-bond acceptors (Lipinski definition) is 3. The molecule has 4 aliphatic rings. The van der Waals surface area contributed by atoms with Crippen LogP contribution < -0.4 is 11.2 Å². The van der Waals surface area contributed by atoms with Crippen LogP contribution in [0.25, 0.3) is 0 Å². The van der Waals surface area contributed by atoms with Gasteiger partial charge in [-0.15, -0.1) is 0 Å². The fourth-order valence-electron chi connectivity index (χ4n) is 4.82. The molecule has 0 aromatic heterocycles. The fraction of sp³-hybridized carbons (Fsp3) is 1.00. The molecule has 0 amide bonds. The Morgan fingerprint density at radius 2 is 1.62 bits per heavy atom. The first-order valence-electron chi connectivity index (χ1n) is 6.86. The van der Waals surface area contributed by atoms with E-state index in [2.05, 4.69) is 5.32 Å². The summed E-state index contributed by atoms with van der Waals surface area (Å²) in [6, 6.07) is 0. The summed E-state index contributed by atoms with van der Waals surface area (Å²) in [6.45, 7) is 2.01. The van der Waals surface area contributed by atoms with Gasteiger partial charge in [-0.3, -0.25) is 5.84 Å². The third-order valence-corrected chi connectivity index (χ3v) is 5.00. The average Bonchev–Trinajstić information content (AvgIpc) is 2.13. The lowest BCUT2D eigenvalue weighted by atomic mass is 9.53. The van der Waals surface area contributed by atoms with Crippen LogP contribution in [0, 0.1) is 17.8 Å². The molecular formula is C13H25N3. The fourth-order valence-corrected chi connectivity index (χ4v) is 4.82. The molecule has 3 N–H and O–H groups in total. The van der Waals surface area contributed by atoms with Crippen molar-refractivity contribution in [3.8, 4) is 0 Å². The summed E-state index contributed by atoms with van der Waals surface area (Å²) < 4.78 is 0. The van der Waals surface area contributed by atoms with Crippen molar-refractivity contribution in [2.45, 2.75) is 44.1 Å². The van der Waals surface area contributed by atoms with Crippen molar-refractivity contribution in [3.63, 3.8) is 0 Å². The maximum atomic E-state index is 5.66. The van der Waals surface area contributed by atoms with Crippen molar-refractivity contribution in [1.29, 1.82) is 0 Å². The Bertz CT molecular complexity index is 227. The van der Waals surface area contributed by atoms with E-state index < -0.39 is 0 Å². The Balaban J connectivity index is 1.60. The van der Waals surface area contributed by atoms with E-state index in [0.29, 0.717) is 5.54 Å². The van der Waals surface area contributed by atoms with Gasteiger partial charge >= 0.3 is 0 Å². The molecule has 92 valence electrons. The van der Waals surface area contributed by atoms with Crippen LogP contribution in [-0.2, 0) is 0 Å². The standard InChI is InChI=1S/C13H25N3/c1-16(14)3-2-15-13-7-10-4-11(8-13)6-12(5-10)9-13/h10-12,15H,2-9,14H2,1H3. The molecular weight excluding hydrogens is 198 g/mol. The highest BCUT2D eigenvalue weighted by Gasteiger charge is 2.50. The predicted octanol–water partition coefficient (Wildman–Crippen LogP) is 1.35. The quantitative estimate of drug-likeness (QED) is 0.558. The minimum absolute atomic E-state index is 0.505. The molecule has 0 atom stereocenters. The molecule has 0 aromatic rings. The molecule has 0 unspecified atom stereocenters. The number of nitrogens with zero attached hydrogens (tertiary/aromatic N) is 1. The molecule has 0 heterocycles. The van der Waals surface area contributed by atoms with Crippen molar-refractivity contribution < 1.29 is 0 Å². The zero-order valence-electron chi connectivity index (χ0n) is 10.4. The van der Waals surface area contributed by atoms with Crippen LogP contribution in [0.1, 0.15) is 38.5 Å². The van der Waals surface area contributed by atoms with Crippen LogP contribution in [0.15, 0.2) is 0 Å². The lowest BCUT2D eigenvalue weighted by Gasteiger charge is -2.57. The number of nitrogens with one attached hydrogen (secondary N) is 1. The molecule has 4 fully saturated rings. The van der Waals surface area contributed by atoms with E-state index in [1.165, 1.54) is 38.5 Å². The summed E-state index contributed by atoms with van der Waals surface area (Å²) in [5.74, 6) is 8.77. The van der Waals surface area contributed by atoms with Gasteiger partial charge in [0.1, 0.15) is 0 Å². The zero-order valence-corrected chi connectivity index (χ0v) is 10.4. The normalized spacial score (nSPS) is 45.6. The Kier molecular flexibility index (Phi) is 2.73. The number of rotatable bonds is 4. The molecule has 4 bridgehead atoms. The van der Waals surface area contributed by atoms with Gasteiger partial charge in [0, 0.05) is 25.7 Å². The molecule has 3 heteroatoms. The van der Waals surface area contributed by atoms with E-state index in [1.807, 2.05) is 7.05 Å². The molecule has 4 aliphatic carbocycles. The summed E-state index contributed by atoms with van der Waals surface area (Å²) in [7, 11) is 1.95. The monoisotopic (exact) mass is 223 g/mol. The molecule has 0 radical (unpaired) electrons. The minimum Gasteiger partial charge on any atom is -0.310 e. The lowest BCUT2D eigenvalue weighted by Crippen LogP contribution is -2.59. The summed E-state index contributed by atoms with van der Waals surface area (Å²) >= 11 is 0. The van der Waals surface area contributed by atoms with Crippen LogP contribution in [0.5, 0.6) is 0 Å². The zero-order chi connectivity index (χ0) is 11.2. The molecule has 0 spiro atoms. The van der Waals surface area contributed by atoms with Gasteiger partial charge in [-0.25, -0.2) is 5.01 Å². The highest BCUT2D eigenvalue weighted by molar-refractivity contribution is 5.06. The van der Waals surface area contributed by atoms with Crippen LogP contribution in [0.3, 0.4) is 0 Å². The highest BCUT2D eigenvalue weighted by atomic mass is 15.4. The van der Waals surface area contributed by atoms with Crippen LogP contribution >= 0.6 is 0 Å². The molecule has 0 aromatic carbocycles. The average molecular weight is 223 g/mol. The first-order valence-corrected chi connectivity index (χ1v) is 6.86. The van der Waals surface area contributed by atoms with Crippen molar-refractivity contribution >= 4 is 0 Å². The largest absolute Gasteiger partial charge is 0.310 e. The van der Waals surface area contributed by atoms with Gasteiger partial charge in [-0.1, -0.05) is 0 Å². The second-order valence-electron chi connectivity index (χ2n) is 6.61. The van der Waals surface area contributed by atoms with Gasteiger partial charge in [-0.2, -0.15) is 0 Å². The van der Waals surface area contributed by atoms with Gasteiger partial charge in [0.2, 0.25) is 0 Å². The molecule has 3 nitrogen and oxygen atoms in total. The summed E-state index contributed by atoms with van der Waals surface area (Å²) in [5, 5.41) is 5.62. The van der Waals surface area contributed by atoms with E-state index >= 15 is 0 Å². The van der Waals surface area contributed by atoms with E-state index in [0.717, 1.165) is 30.8 Å². The molecule has 0 aliphatic heterocycles. The first-order chi connectivity index (χ1) is 7.65. The number of hydrazine groups is 1. The Morgan fingerprint density at radius 1 is 1.12 bits per heavy atom. The van der Waals surface area contributed by atoms with Crippen LogP contribution in [0.2, 0.25) is 0 Å². The molecule has 0 saturated heterocycles. The Hall–Kier alpha value is -0.120. The van der Waals surface area contributed by atoms with E-state index in [1.54, 1.807) is 5.01 Å². The summed E-state index contributed by atoms with van der Waals surface area (Å²) in [5.41, 5.74) is 0.505. The number of hydrogen-bond donors (Lipinski definition) is 2.